The van der Waals surface area contributed by atoms with Gasteiger partial charge in [0.15, 0.2) is 5.79 Å². The molecule has 4 heteroatoms. The van der Waals surface area contributed by atoms with Crippen molar-refractivity contribution in [1.29, 1.82) is 0 Å². The maximum Gasteiger partial charge on any atom is 0.196 e. The zero-order valence-electron chi connectivity index (χ0n) is 10.2. The van der Waals surface area contributed by atoms with E-state index in [0.29, 0.717) is 18.2 Å². The number of halogens is 1. The third-order valence-corrected chi connectivity index (χ3v) is 3.23. The number of rotatable bonds is 4. The number of methoxy groups -OCH3 is 1. The normalized spacial score (nSPS) is 18.3. The molecule has 94 valence electrons. The first-order valence-electron chi connectivity index (χ1n) is 5.84. The number of benzene rings is 1. The van der Waals surface area contributed by atoms with E-state index in [1.54, 1.807) is 13.2 Å². The molecule has 0 spiro atoms. The van der Waals surface area contributed by atoms with E-state index < -0.39 is 5.79 Å². The Kier molecular flexibility index (Phi) is 3.92. The van der Waals surface area contributed by atoms with Gasteiger partial charge < -0.3 is 14.2 Å². The molecular weight excluding hydrogens is 240 g/mol. The molecule has 0 saturated carbocycles. The topological polar surface area (TPSA) is 27.7 Å². The summed E-state index contributed by atoms with van der Waals surface area (Å²) in [5, 5.41) is 0.625. The van der Waals surface area contributed by atoms with Gasteiger partial charge in [-0.15, -0.1) is 0 Å². The molecule has 17 heavy (non-hydrogen) atoms. The van der Waals surface area contributed by atoms with Crippen molar-refractivity contribution in [3.05, 3.63) is 28.8 Å². The van der Waals surface area contributed by atoms with Crippen LogP contribution in [0.1, 0.15) is 25.3 Å². The average molecular weight is 257 g/mol. The van der Waals surface area contributed by atoms with E-state index in [1.165, 1.54) is 0 Å². The molecule has 0 aromatic heterocycles. The Hall–Kier alpha value is -0.770. The van der Waals surface area contributed by atoms with Gasteiger partial charge in [-0.2, -0.15) is 0 Å². The van der Waals surface area contributed by atoms with Gasteiger partial charge in [-0.3, -0.25) is 0 Å². The third-order valence-electron chi connectivity index (χ3n) is 2.92. The minimum absolute atomic E-state index is 0.613. The van der Waals surface area contributed by atoms with Gasteiger partial charge in [0.1, 0.15) is 5.75 Å². The molecule has 1 aliphatic rings. The highest BCUT2D eigenvalue weighted by molar-refractivity contribution is 6.31. The molecule has 1 heterocycles. The van der Waals surface area contributed by atoms with E-state index in [2.05, 4.69) is 6.92 Å². The molecule has 1 fully saturated rings. The van der Waals surface area contributed by atoms with Crippen LogP contribution in [0.4, 0.5) is 0 Å². The summed E-state index contributed by atoms with van der Waals surface area (Å²) in [7, 11) is 1.62. The van der Waals surface area contributed by atoms with E-state index in [1.807, 2.05) is 12.1 Å². The molecule has 0 unspecified atom stereocenters. The van der Waals surface area contributed by atoms with Crippen molar-refractivity contribution in [3.63, 3.8) is 0 Å². The summed E-state index contributed by atoms with van der Waals surface area (Å²) in [5.41, 5.74) is 0.888. The van der Waals surface area contributed by atoms with E-state index in [0.717, 1.165) is 24.2 Å². The van der Waals surface area contributed by atoms with Crippen LogP contribution in [0.25, 0.3) is 0 Å². The molecule has 1 aromatic rings. The van der Waals surface area contributed by atoms with Crippen molar-refractivity contribution in [1.82, 2.24) is 0 Å². The molecule has 3 nitrogen and oxygen atoms in total. The lowest BCUT2D eigenvalue weighted by molar-refractivity contribution is -0.170. The van der Waals surface area contributed by atoms with Gasteiger partial charge in [-0.05, 0) is 18.2 Å². The summed E-state index contributed by atoms with van der Waals surface area (Å²) < 4.78 is 16.7. The fourth-order valence-corrected chi connectivity index (χ4v) is 2.46. The summed E-state index contributed by atoms with van der Waals surface area (Å²) in [5.74, 6) is 0.0707. The zero-order chi connectivity index (χ0) is 12.3. The second-order valence-corrected chi connectivity index (χ2v) is 4.45. The molecule has 0 bridgehead atoms. The Morgan fingerprint density at radius 1 is 1.35 bits per heavy atom. The molecule has 0 atom stereocenters. The second-order valence-electron chi connectivity index (χ2n) is 4.05. The standard InChI is InChI=1S/C13H17ClO3/c1-3-6-13(16-7-8-17-13)11-5-4-10(15-2)9-12(11)14/h4-5,9H,3,6-8H2,1-2H3. The minimum Gasteiger partial charge on any atom is -0.497 e. The first kappa shape index (κ1) is 12.7. The Bertz CT molecular complexity index is 386. The average Bonchev–Trinajstić information content (AvgIpc) is 2.79. The van der Waals surface area contributed by atoms with Crippen molar-refractivity contribution in [3.8, 4) is 5.75 Å². The molecule has 0 aliphatic carbocycles. The van der Waals surface area contributed by atoms with Crippen LogP contribution in [0.2, 0.25) is 5.02 Å². The SMILES string of the molecule is CCCC1(c2ccc(OC)cc2Cl)OCCO1. The Balaban J connectivity index is 2.36. The molecule has 0 amide bonds. The van der Waals surface area contributed by atoms with Gasteiger partial charge in [-0.25, -0.2) is 0 Å². The number of hydrogen-bond donors (Lipinski definition) is 0. The predicted octanol–water partition coefficient (Wildman–Crippen LogP) is 3.35. The molecular formula is C13H17ClO3. The zero-order valence-corrected chi connectivity index (χ0v) is 10.9. The smallest absolute Gasteiger partial charge is 0.196 e. The maximum atomic E-state index is 6.27. The molecule has 0 radical (unpaired) electrons. The summed E-state index contributed by atoms with van der Waals surface area (Å²) in [6.45, 7) is 3.33. The van der Waals surface area contributed by atoms with Crippen molar-refractivity contribution < 1.29 is 14.2 Å². The second kappa shape index (κ2) is 5.25. The van der Waals surface area contributed by atoms with Gasteiger partial charge in [0.2, 0.25) is 0 Å². The fourth-order valence-electron chi connectivity index (χ4n) is 2.15. The van der Waals surface area contributed by atoms with Gasteiger partial charge in [0.25, 0.3) is 0 Å². The summed E-state index contributed by atoms with van der Waals surface area (Å²) >= 11 is 6.27. The fraction of sp³-hybridized carbons (Fsp3) is 0.538. The third kappa shape index (κ3) is 2.41. The molecule has 1 saturated heterocycles. The largest absolute Gasteiger partial charge is 0.497 e. The van der Waals surface area contributed by atoms with Crippen molar-refractivity contribution in [2.45, 2.75) is 25.6 Å². The van der Waals surface area contributed by atoms with Crippen molar-refractivity contribution in [2.75, 3.05) is 20.3 Å². The van der Waals surface area contributed by atoms with Crippen LogP contribution >= 0.6 is 11.6 Å². The summed E-state index contributed by atoms with van der Waals surface area (Å²) in [6.07, 6.45) is 1.78. The van der Waals surface area contributed by atoms with Crippen LogP contribution < -0.4 is 4.74 Å². The van der Waals surface area contributed by atoms with E-state index >= 15 is 0 Å². The molecule has 0 N–H and O–H groups in total. The van der Waals surface area contributed by atoms with Crippen LogP contribution in [-0.2, 0) is 15.3 Å². The van der Waals surface area contributed by atoms with Crippen LogP contribution in [0.3, 0.4) is 0 Å². The molecule has 1 aromatic carbocycles. The lowest BCUT2D eigenvalue weighted by Crippen LogP contribution is -2.27. The quantitative estimate of drug-likeness (QED) is 0.827. The number of ether oxygens (including phenoxy) is 3. The van der Waals surface area contributed by atoms with E-state index in [-0.39, 0.29) is 0 Å². The van der Waals surface area contributed by atoms with Crippen molar-refractivity contribution >= 4 is 11.6 Å². The predicted molar refractivity (Wildman–Crippen MR) is 66.5 cm³/mol. The van der Waals surface area contributed by atoms with Crippen LogP contribution in [-0.4, -0.2) is 20.3 Å². The van der Waals surface area contributed by atoms with E-state index in [9.17, 15) is 0 Å². The van der Waals surface area contributed by atoms with Gasteiger partial charge >= 0.3 is 0 Å². The molecule has 2 rings (SSSR count). The Morgan fingerprint density at radius 2 is 2.06 bits per heavy atom. The monoisotopic (exact) mass is 256 g/mol. The van der Waals surface area contributed by atoms with Crippen LogP contribution in [0.5, 0.6) is 5.75 Å². The highest BCUT2D eigenvalue weighted by Crippen LogP contribution is 2.40. The van der Waals surface area contributed by atoms with Crippen LogP contribution in [0.15, 0.2) is 18.2 Å². The van der Waals surface area contributed by atoms with Gasteiger partial charge in [0.05, 0.1) is 25.3 Å². The summed E-state index contributed by atoms with van der Waals surface area (Å²) in [6, 6.07) is 5.59. The summed E-state index contributed by atoms with van der Waals surface area (Å²) in [4.78, 5) is 0. The lowest BCUT2D eigenvalue weighted by Gasteiger charge is -2.28. The van der Waals surface area contributed by atoms with Gasteiger partial charge in [-0.1, -0.05) is 24.9 Å². The molecule has 1 aliphatic heterocycles. The van der Waals surface area contributed by atoms with Crippen LogP contribution in [0, 0.1) is 0 Å². The highest BCUT2D eigenvalue weighted by Gasteiger charge is 2.39. The minimum atomic E-state index is -0.669. The highest BCUT2D eigenvalue weighted by atomic mass is 35.5. The Labute approximate surface area is 107 Å². The first-order chi connectivity index (χ1) is 8.22. The van der Waals surface area contributed by atoms with E-state index in [4.69, 9.17) is 25.8 Å². The number of hydrogen-bond acceptors (Lipinski definition) is 3. The van der Waals surface area contributed by atoms with Gasteiger partial charge in [0, 0.05) is 12.0 Å². The van der Waals surface area contributed by atoms with Crippen molar-refractivity contribution in [2.24, 2.45) is 0 Å². The lowest BCUT2D eigenvalue weighted by atomic mass is 10.0. The maximum absolute atomic E-state index is 6.27. The first-order valence-corrected chi connectivity index (χ1v) is 6.21. The Morgan fingerprint density at radius 3 is 2.59 bits per heavy atom.